The third kappa shape index (κ3) is 4.06. The van der Waals surface area contributed by atoms with Crippen molar-refractivity contribution < 1.29 is 9.53 Å². The molecule has 0 radical (unpaired) electrons. The first kappa shape index (κ1) is 17.2. The lowest BCUT2D eigenvalue weighted by atomic mass is 10.1. The zero-order valence-electron chi connectivity index (χ0n) is 14.6. The minimum atomic E-state index is -0.180. The Labute approximate surface area is 147 Å². The number of H-pyrrole nitrogens is 1. The second-order valence-electron chi connectivity index (χ2n) is 6.13. The number of carbonyl (C=O) groups is 1. The Morgan fingerprint density at radius 2 is 2.00 bits per heavy atom. The van der Waals surface area contributed by atoms with Gasteiger partial charge in [0, 0.05) is 18.5 Å². The lowest BCUT2D eigenvalue weighted by Crippen LogP contribution is -2.24. The fourth-order valence-electron chi connectivity index (χ4n) is 2.76. The molecule has 3 rings (SSSR count). The SMILES string of the molecule is CCCOCc1ccccc1CNC(=O)c1n[nH]c2ccc(C)cc12. The first-order chi connectivity index (χ1) is 12.2. The molecule has 25 heavy (non-hydrogen) atoms. The van der Waals surface area contributed by atoms with Crippen molar-refractivity contribution in [3.05, 3.63) is 64.8 Å². The van der Waals surface area contributed by atoms with Gasteiger partial charge in [0.2, 0.25) is 0 Å². The van der Waals surface area contributed by atoms with Gasteiger partial charge in [-0.15, -0.1) is 0 Å². The van der Waals surface area contributed by atoms with Crippen molar-refractivity contribution in [1.82, 2.24) is 15.5 Å². The van der Waals surface area contributed by atoms with E-state index in [-0.39, 0.29) is 5.91 Å². The molecule has 0 aliphatic carbocycles. The fraction of sp³-hybridized carbons (Fsp3) is 0.300. The Kier molecular flexibility index (Phi) is 5.46. The minimum absolute atomic E-state index is 0.180. The third-order valence-corrected chi connectivity index (χ3v) is 4.10. The van der Waals surface area contributed by atoms with Gasteiger partial charge in [0.15, 0.2) is 5.69 Å². The van der Waals surface area contributed by atoms with Crippen LogP contribution >= 0.6 is 0 Å². The van der Waals surface area contributed by atoms with Gasteiger partial charge in [-0.1, -0.05) is 42.8 Å². The zero-order chi connectivity index (χ0) is 17.6. The number of ether oxygens (including phenoxy) is 1. The van der Waals surface area contributed by atoms with Crippen LogP contribution in [0, 0.1) is 6.92 Å². The number of amides is 1. The maximum absolute atomic E-state index is 12.6. The summed E-state index contributed by atoms with van der Waals surface area (Å²) < 4.78 is 5.63. The highest BCUT2D eigenvalue weighted by Crippen LogP contribution is 2.18. The van der Waals surface area contributed by atoms with Gasteiger partial charge >= 0.3 is 0 Å². The minimum Gasteiger partial charge on any atom is -0.377 e. The predicted molar refractivity (Wildman–Crippen MR) is 98.4 cm³/mol. The van der Waals surface area contributed by atoms with Gasteiger partial charge in [0.1, 0.15) is 0 Å². The van der Waals surface area contributed by atoms with Crippen molar-refractivity contribution in [2.45, 2.75) is 33.4 Å². The standard InChI is InChI=1S/C20H23N3O2/c1-3-10-25-13-16-7-5-4-6-15(16)12-21-20(24)19-17-11-14(2)8-9-18(17)22-23-19/h4-9,11H,3,10,12-13H2,1-2H3,(H,21,24)(H,22,23). The second kappa shape index (κ2) is 7.94. The van der Waals surface area contributed by atoms with E-state index in [0.717, 1.165) is 40.6 Å². The molecule has 0 unspecified atom stereocenters. The van der Waals surface area contributed by atoms with Crippen LogP contribution in [0.25, 0.3) is 10.9 Å². The molecule has 1 amide bonds. The fourth-order valence-corrected chi connectivity index (χ4v) is 2.76. The third-order valence-electron chi connectivity index (χ3n) is 4.10. The topological polar surface area (TPSA) is 67.0 Å². The molecular weight excluding hydrogens is 314 g/mol. The molecule has 5 heteroatoms. The molecule has 0 saturated carbocycles. The van der Waals surface area contributed by atoms with Crippen LogP contribution in [0.3, 0.4) is 0 Å². The van der Waals surface area contributed by atoms with Gasteiger partial charge in [-0.2, -0.15) is 5.10 Å². The Bertz CT molecular complexity index is 870. The number of nitrogens with zero attached hydrogens (tertiary/aromatic N) is 1. The van der Waals surface area contributed by atoms with E-state index in [0.29, 0.717) is 18.8 Å². The van der Waals surface area contributed by atoms with E-state index >= 15 is 0 Å². The normalized spacial score (nSPS) is 11.0. The van der Waals surface area contributed by atoms with E-state index in [1.54, 1.807) is 0 Å². The van der Waals surface area contributed by atoms with E-state index in [2.05, 4.69) is 22.4 Å². The highest BCUT2D eigenvalue weighted by Gasteiger charge is 2.14. The molecule has 2 N–H and O–H groups in total. The highest BCUT2D eigenvalue weighted by molar-refractivity contribution is 6.04. The van der Waals surface area contributed by atoms with Crippen LogP contribution < -0.4 is 5.32 Å². The molecule has 2 aromatic carbocycles. The summed E-state index contributed by atoms with van der Waals surface area (Å²) in [5.74, 6) is -0.180. The van der Waals surface area contributed by atoms with Crippen molar-refractivity contribution in [1.29, 1.82) is 0 Å². The molecule has 5 nitrogen and oxygen atoms in total. The van der Waals surface area contributed by atoms with E-state index in [4.69, 9.17) is 4.74 Å². The van der Waals surface area contributed by atoms with E-state index in [9.17, 15) is 4.79 Å². The average Bonchev–Trinajstić information content (AvgIpc) is 3.04. The lowest BCUT2D eigenvalue weighted by Gasteiger charge is -2.10. The highest BCUT2D eigenvalue weighted by atomic mass is 16.5. The molecule has 0 atom stereocenters. The van der Waals surface area contributed by atoms with Gasteiger partial charge in [0.25, 0.3) is 5.91 Å². The van der Waals surface area contributed by atoms with Crippen LogP contribution in [0.2, 0.25) is 0 Å². The molecular formula is C20H23N3O2. The molecule has 0 fully saturated rings. The van der Waals surface area contributed by atoms with Crippen LogP contribution in [0.5, 0.6) is 0 Å². The predicted octanol–water partition coefficient (Wildman–Crippen LogP) is 3.73. The first-order valence-corrected chi connectivity index (χ1v) is 8.56. The van der Waals surface area contributed by atoms with E-state index < -0.39 is 0 Å². The first-order valence-electron chi connectivity index (χ1n) is 8.56. The Morgan fingerprint density at radius 1 is 1.20 bits per heavy atom. The summed E-state index contributed by atoms with van der Waals surface area (Å²) in [6.07, 6.45) is 0.991. The molecule has 3 aromatic rings. The molecule has 0 saturated heterocycles. The van der Waals surface area contributed by atoms with Crippen molar-refractivity contribution in [2.24, 2.45) is 0 Å². The number of hydrogen-bond acceptors (Lipinski definition) is 3. The van der Waals surface area contributed by atoms with Crippen LogP contribution in [0.1, 0.15) is 40.5 Å². The summed E-state index contributed by atoms with van der Waals surface area (Å²) in [7, 11) is 0. The summed E-state index contributed by atoms with van der Waals surface area (Å²) >= 11 is 0. The number of aryl methyl sites for hydroxylation is 1. The van der Waals surface area contributed by atoms with E-state index in [1.165, 1.54) is 0 Å². The second-order valence-corrected chi connectivity index (χ2v) is 6.13. The zero-order valence-corrected chi connectivity index (χ0v) is 14.6. The largest absolute Gasteiger partial charge is 0.377 e. The average molecular weight is 337 g/mol. The van der Waals surface area contributed by atoms with Crippen molar-refractivity contribution in [2.75, 3.05) is 6.61 Å². The number of benzene rings is 2. The Morgan fingerprint density at radius 3 is 2.80 bits per heavy atom. The summed E-state index contributed by atoms with van der Waals surface area (Å²) in [6, 6.07) is 13.9. The van der Waals surface area contributed by atoms with Gasteiger partial charge < -0.3 is 10.1 Å². The number of fused-ring (bicyclic) bond motifs is 1. The smallest absolute Gasteiger partial charge is 0.272 e. The number of carbonyl (C=O) groups excluding carboxylic acids is 1. The maximum atomic E-state index is 12.6. The van der Waals surface area contributed by atoms with E-state index in [1.807, 2.05) is 49.4 Å². The van der Waals surface area contributed by atoms with Crippen molar-refractivity contribution in [3.63, 3.8) is 0 Å². The van der Waals surface area contributed by atoms with Gasteiger partial charge in [-0.25, -0.2) is 0 Å². The monoisotopic (exact) mass is 337 g/mol. The van der Waals surface area contributed by atoms with Gasteiger partial charge in [0.05, 0.1) is 12.1 Å². The Hall–Kier alpha value is -2.66. The van der Waals surface area contributed by atoms with Gasteiger partial charge in [-0.05, 0) is 36.6 Å². The Balaban J connectivity index is 1.71. The summed E-state index contributed by atoms with van der Waals surface area (Å²) in [5, 5.41) is 10.9. The van der Waals surface area contributed by atoms with Gasteiger partial charge in [-0.3, -0.25) is 9.89 Å². The van der Waals surface area contributed by atoms with Crippen molar-refractivity contribution >= 4 is 16.8 Å². The quantitative estimate of drug-likeness (QED) is 0.646. The van der Waals surface area contributed by atoms with Crippen LogP contribution in [-0.2, 0) is 17.9 Å². The maximum Gasteiger partial charge on any atom is 0.272 e. The molecule has 0 bridgehead atoms. The molecule has 0 aliphatic rings. The molecule has 1 heterocycles. The number of nitrogens with one attached hydrogen (secondary N) is 2. The van der Waals surface area contributed by atoms with Crippen LogP contribution in [0.15, 0.2) is 42.5 Å². The molecule has 0 aliphatic heterocycles. The number of aromatic nitrogens is 2. The molecule has 0 spiro atoms. The van der Waals surface area contributed by atoms with Crippen LogP contribution in [-0.4, -0.2) is 22.7 Å². The number of aromatic amines is 1. The number of rotatable bonds is 7. The molecule has 1 aromatic heterocycles. The number of hydrogen-bond donors (Lipinski definition) is 2. The summed E-state index contributed by atoms with van der Waals surface area (Å²) in [5.41, 5.74) is 4.55. The molecule has 130 valence electrons. The lowest BCUT2D eigenvalue weighted by molar-refractivity contribution is 0.0946. The summed E-state index contributed by atoms with van der Waals surface area (Å²) in [4.78, 5) is 12.6. The van der Waals surface area contributed by atoms with Crippen LogP contribution in [0.4, 0.5) is 0 Å². The van der Waals surface area contributed by atoms with Crippen molar-refractivity contribution in [3.8, 4) is 0 Å². The summed E-state index contributed by atoms with van der Waals surface area (Å²) in [6.45, 7) is 5.83.